The lowest BCUT2D eigenvalue weighted by molar-refractivity contribution is -0.137. The van der Waals surface area contributed by atoms with Gasteiger partial charge in [-0.15, -0.1) is 0 Å². The molecule has 7 nitrogen and oxygen atoms in total. The Labute approximate surface area is 178 Å². The highest BCUT2D eigenvalue weighted by Crippen LogP contribution is 2.37. The third-order valence-corrected chi connectivity index (χ3v) is 9.05. The lowest BCUT2D eigenvalue weighted by atomic mass is 9.78. The van der Waals surface area contributed by atoms with Crippen LogP contribution in [0.2, 0.25) is 0 Å². The highest BCUT2D eigenvalue weighted by Gasteiger charge is 2.37. The topological polar surface area (TPSA) is 92.8 Å². The number of likely N-dealkylation sites (tertiary alicyclic amines) is 1. The predicted octanol–water partition coefficient (Wildman–Crippen LogP) is 3.06. The van der Waals surface area contributed by atoms with E-state index in [-0.39, 0.29) is 35.8 Å². The zero-order valence-electron chi connectivity index (χ0n) is 17.6. The fraction of sp³-hybridized carbons (Fsp3) is 0.636. The quantitative estimate of drug-likeness (QED) is 0.786. The molecular formula is C22H30N2O5S. The molecule has 0 spiro atoms. The Morgan fingerprint density at radius 1 is 1.23 bits per heavy atom. The van der Waals surface area contributed by atoms with Crippen LogP contribution in [0.3, 0.4) is 0 Å². The Balaban J connectivity index is 1.52. The third-order valence-electron chi connectivity index (χ3n) is 6.77. The van der Waals surface area contributed by atoms with Gasteiger partial charge in [-0.1, -0.05) is 12.8 Å². The van der Waals surface area contributed by atoms with E-state index in [1.54, 1.807) is 19.9 Å². The normalized spacial score (nSPS) is 24.9. The van der Waals surface area contributed by atoms with E-state index in [0.717, 1.165) is 25.8 Å². The molecule has 1 aromatic rings. The zero-order chi connectivity index (χ0) is 21.5. The van der Waals surface area contributed by atoms with Crippen LogP contribution >= 0.6 is 0 Å². The third kappa shape index (κ3) is 3.94. The summed E-state index contributed by atoms with van der Waals surface area (Å²) in [4.78, 5) is 26.7. The second-order valence-corrected chi connectivity index (χ2v) is 11.2. The van der Waals surface area contributed by atoms with E-state index in [2.05, 4.69) is 5.32 Å². The summed E-state index contributed by atoms with van der Waals surface area (Å²) in [5.74, 6) is 0.595. The van der Waals surface area contributed by atoms with Crippen molar-refractivity contribution in [2.24, 2.45) is 5.92 Å². The lowest BCUT2D eigenvalue weighted by Crippen LogP contribution is -2.50. The van der Waals surface area contributed by atoms with Gasteiger partial charge in [-0.25, -0.2) is 8.42 Å². The number of rotatable bonds is 4. The molecule has 0 radical (unpaired) electrons. The molecule has 3 atom stereocenters. The molecule has 1 aromatic carbocycles. The minimum atomic E-state index is -3.72. The smallest absolute Gasteiger partial charge is 0.262 e. The van der Waals surface area contributed by atoms with Gasteiger partial charge in [0.2, 0.25) is 5.91 Å². The molecule has 0 aromatic heterocycles. The van der Waals surface area contributed by atoms with E-state index in [0.29, 0.717) is 22.9 Å². The monoisotopic (exact) mass is 434 g/mol. The SMILES string of the molecule is Cc1cc2c(cc1S(=O)(=O)[C@H](C)CC(=O)N1CCC[C@H]3CCCC[C@@H]31)OCC(=O)N2. The molecule has 4 rings (SSSR count). The van der Waals surface area contributed by atoms with Crippen LogP contribution in [-0.2, 0) is 19.4 Å². The number of hydrogen-bond acceptors (Lipinski definition) is 5. The molecule has 3 aliphatic rings. The highest BCUT2D eigenvalue weighted by atomic mass is 32.2. The summed E-state index contributed by atoms with van der Waals surface area (Å²) in [7, 11) is -3.72. The van der Waals surface area contributed by atoms with Crippen LogP contribution < -0.4 is 10.1 Å². The molecule has 1 saturated carbocycles. The second-order valence-electron chi connectivity index (χ2n) is 8.85. The van der Waals surface area contributed by atoms with E-state index >= 15 is 0 Å². The molecule has 2 fully saturated rings. The Morgan fingerprint density at radius 3 is 2.77 bits per heavy atom. The average Bonchev–Trinajstić information content (AvgIpc) is 2.72. The number of sulfone groups is 1. The molecule has 2 aliphatic heterocycles. The fourth-order valence-electron chi connectivity index (χ4n) is 5.15. The number of carbonyl (C=O) groups is 2. The van der Waals surface area contributed by atoms with Crippen molar-refractivity contribution >= 4 is 27.3 Å². The number of hydrogen-bond donors (Lipinski definition) is 1. The minimum Gasteiger partial charge on any atom is -0.482 e. The van der Waals surface area contributed by atoms with Gasteiger partial charge in [0.05, 0.1) is 15.8 Å². The van der Waals surface area contributed by atoms with Crippen LogP contribution in [0, 0.1) is 12.8 Å². The first kappa shape index (κ1) is 21.2. The number of benzene rings is 1. The van der Waals surface area contributed by atoms with Crippen molar-refractivity contribution < 1.29 is 22.7 Å². The van der Waals surface area contributed by atoms with Gasteiger partial charge in [-0.2, -0.15) is 0 Å². The number of nitrogens with zero attached hydrogens (tertiary/aromatic N) is 1. The van der Waals surface area contributed by atoms with Gasteiger partial charge in [0.1, 0.15) is 5.75 Å². The standard InChI is InChI=1S/C22H30N2O5S/c1-14-10-17-19(29-13-21(25)23-17)12-20(14)30(27,28)15(2)11-22(26)24-9-5-7-16-6-3-4-8-18(16)24/h10,12,15-16,18H,3-9,11,13H2,1-2H3,(H,23,25)/t15-,16-,18+/m1/s1. The number of piperidine rings is 1. The number of nitrogens with one attached hydrogen (secondary N) is 1. The van der Waals surface area contributed by atoms with E-state index in [1.807, 2.05) is 4.90 Å². The van der Waals surface area contributed by atoms with E-state index in [4.69, 9.17) is 4.74 Å². The molecule has 8 heteroatoms. The second kappa shape index (κ2) is 8.21. The molecule has 164 valence electrons. The van der Waals surface area contributed by atoms with Crippen LogP contribution in [0.1, 0.15) is 57.4 Å². The van der Waals surface area contributed by atoms with Crippen molar-refractivity contribution in [3.63, 3.8) is 0 Å². The number of carbonyl (C=O) groups excluding carboxylic acids is 2. The largest absolute Gasteiger partial charge is 0.482 e. The van der Waals surface area contributed by atoms with Crippen molar-refractivity contribution in [1.82, 2.24) is 4.90 Å². The fourth-order valence-corrected chi connectivity index (χ4v) is 6.72. The summed E-state index contributed by atoms with van der Waals surface area (Å²) in [5.41, 5.74) is 1.01. The van der Waals surface area contributed by atoms with Crippen LogP contribution in [0.15, 0.2) is 17.0 Å². The molecule has 30 heavy (non-hydrogen) atoms. The molecule has 1 aliphatic carbocycles. The van der Waals surface area contributed by atoms with Crippen molar-refractivity contribution in [3.05, 3.63) is 17.7 Å². The minimum absolute atomic E-state index is 0.0142. The van der Waals surface area contributed by atoms with Gasteiger partial charge < -0.3 is 15.0 Å². The van der Waals surface area contributed by atoms with Crippen molar-refractivity contribution in [3.8, 4) is 5.75 Å². The maximum absolute atomic E-state index is 13.3. The van der Waals surface area contributed by atoms with Crippen LogP contribution in [0.4, 0.5) is 5.69 Å². The summed E-state index contributed by atoms with van der Waals surface area (Å²) < 4.78 is 32.0. The Kier molecular flexibility index (Phi) is 5.79. The molecule has 0 unspecified atom stereocenters. The molecular weight excluding hydrogens is 404 g/mol. The van der Waals surface area contributed by atoms with Gasteiger partial charge in [-0.05, 0) is 57.1 Å². The first-order valence-corrected chi connectivity index (χ1v) is 12.4. The Bertz CT molecular complexity index is 957. The van der Waals surface area contributed by atoms with E-state index in [9.17, 15) is 18.0 Å². The molecule has 0 bridgehead atoms. The van der Waals surface area contributed by atoms with E-state index in [1.165, 1.54) is 25.3 Å². The maximum atomic E-state index is 13.3. The van der Waals surface area contributed by atoms with Crippen molar-refractivity contribution in [1.29, 1.82) is 0 Å². The summed E-state index contributed by atoms with van der Waals surface area (Å²) in [6.07, 6.45) is 6.74. The van der Waals surface area contributed by atoms with Gasteiger partial charge in [-0.3, -0.25) is 9.59 Å². The number of anilines is 1. The van der Waals surface area contributed by atoms with Gasteiger partial charge in [0, 0.05) is 25.1 Å². The zero-order valence-corrected chi connectivity index (χ0v) is 18.5. The Morgan fingerprint density at radius 2 is 1.97 bits per heavy atom. The van der Waals surface area contributed by atoms with E-state index < -0.39 is 15.1 Å². The van der Waals surface area contributed by atoms with Gasteiger partial charge >= 0.3 is 0 Å². The summed E-state index contributed by atoms with van der Waals surface area (Å²) in [6, 6.07) is 3.36. The summed E-state index contributed by atoms with van der Waals surface area (Å²) in [5, 5.41) is 1.86. The number of fused-ring (bicyclic) bond motifs is 2. The van der Waals surface area contributed by atoms with Crippen LogP contribution in [0.25, 0.3) is 0 Å². The summed E-state index contributed by atoms with van der Waals surface area (Å²) >= 11 is 0. The van der Waals surface area contributed by atoms with Gasteiger partial charge in [0.15, 0.2) is 16.4 Å². The highest BCUT2D eigenvalue weighted by molar-refractivity contribution is 7.92. The Hall–Kier alpha value is -2.09. The number of amides is 2. The maximum Gasteiger partial charge on any atom is 0.262 e. The molecule has 1 saturated heterocycles. The van der Waals surface area contributed by atoms with Crippen molar-refractivity contribution in [2.45, 2.75) is 75.0 Å². The molecule has 2 amide bonds. The predicted molar refractivity (Wildman–Crippen MR) is 113 cm³/mol. The van der Waals surface area contributed by atoms with Gasteiger partial charge in [0.25, 0.3) is 5.91 Å². The number of ether oxygens (including phenoxy) is 1. The van der Waals surface area contributed by atoms with Crippen molar-refractivity contribution in [2.75, 3.05) is 18.5 Å². The van der Waals surface area contributed by atoms with Crippen LogP contribution in [0.5, 0.6) is 5.75 Å². The van der Waals surface area contributed by atoms with Crippen LogP contribution in [-0.4, -0.2) is 49.6 Å². The summed E-state index contributed by atoms with van der Waals surface area (Å²) in [6.45, 7) is 3.90. The number of aryl methyl sites for hydroxylation is 1. The average molecular weight is 435 g/mol. The molecule has 2 heterocycles. The first-order valence-electron chi connectivity index (χ1n) is 10.9. The first-order chi connectivity index (χ1) is 14.3. The molecule has 1 N–H and O–H groups in total. The lowest BCUT2D eigenvalue weighted by Gasteiger charge is -2.44.